The zero-order valence-corrected chi connectivity index (χ0v) is 20.8. The summed E-state index contributed by atoms with van der Waals surface area (Å²) >= 11 is 1.07. The van der Waals surface area contributed by atoms with Crippen molar-refractivity contribution in [1.82, 2.24) is 4.98 Å². The van der Waals surface area contributed by atoms with Crippen molar-refractivity contribution in [2.24, 2.45) is 0 Å². The number of carboxylic acid groups (broad SMARTS) is 1. The molecule has 0 spiro atoms. The van der Waals surface area contributed by atoms with Crippen molar-refractivity contribution in [3.8, 4) is 23.0 Å². The van der Waals surface area contributed by atoms with Crippen LogP contribution in [0.15, 0.2) is 48.5 Å². The predicted octanol–water partition coefficient (Wildman–Crippen LogP) is 3.32. The highest BCUT2D eigenvalue weighted by atomic mass is 32.1. The van der Waals surface area contributed by atoms with Crippen LogP contribution in [0.2, 0.25) is 0 Å². The number of nitrogens with zero attached hydrogens (tertiary/aromatic N) is 1. The number of aliphatic carboxylic acids is 1. The maximum absolute atomic E-state index is 12.3. The molecule has 37 heavy (non-hydrogen) atoms. The molecule has 0 saturated carbocycles. The van der Waals surface area contributed by atoms with E-state index in [-0.39, 0.29) is 25.7 Å². The fourth-order valence-electron chi connectivity index (χ4n) is 3.31. The molecule has 2 unspecified atom stereocenters. The lowest BCUT2D eigenvalue weighted by atomic mass is 10.2. The van der Waals surface area contributed by atoms with Crippen LogP contribution in [0.4, 0.5) is 5.13 Å². The second kappa shape index (κ2) is 11.6. The van der Waals surface area contributed by atoms with Crippen LogP contribution in [-0.4, -0.2) is 60.0 Å². The molecule has 0 bridgehead atoms. The molecular weight excluding hydrogens is 504 g/mol. The Balaban J connectivity index is 0.000000207. The molecular formula is C25H24N2O9S. The summed E-state index contributed by atoms with van der Waals surface area (Å²) in [7, 11) is 0. The van der Waals surface area contributed by atoms with Crippen LogP contribution in [0.5, 0.6) is 23.0 Å². The molecule has 2 atom stereocenters. The average Bonchev–Trinajstić information content (AvgIpc) is 3.28. The van der Waals surface area contributed by atoms with Gasteiger partial charge < -0.3 is 28.8 Å². The number of carbonyl (C=O) groups excluding carboxylic acids is 2. The molecule has 1 aromatic heterocycles. The van der Waals surface area contributed by atoms with Crippen molar-refractivity contribution < 1.29 is 43.2 Å². The Bertz CT molecular complexity index is 1290. The molecule has 194 valence electrons. The van der Waals surface area contributed by atoms with Crippen LogP contribution in [0.1, 0.15) is 22.3 Å². The van der Waals surface area contributed by atoms with Gasteiger partial charge in [0.15, 0.2) is 28.1 Å². The van der Waals surface area contributed by atoms with Crippen LogP contribution in [0.25, 0.3) is 0 Å². The number of amides is 1. The highest BCUT2D eigenvalue weighted by molar-refractivity contribution is 7.17. The number of hydrogen-bond acceptors (Lipinski definition) is 10. The van der Waals surface area contributed by atoms with Crippen molar-refractivity contribution in [2.75, 3.05) is 25.1 Å². The predicted molar refractivity (Wildman–Crippen MR) is 132 cm³/mol. The fourth-order valence-corrected chi connectivity index (χ4v) is 4.17. The average molecular weight is 529 g/mol. The summed E-state index contributed by atoms with van der Waals surface area (Å²) in [5, 5.41) is 11.6. The van der Waals surface area contributed by atoms with Crippen molar-refractivity contribution in [3.05, 3.63) is 59.1 Å². The van der Waals surface area contributed by atoms with Gasteiger partial charge in [0, 0.05) is 0 Å². The monoisotopic (exact) mass is 528 g/mol. The first kappa shape index (κ1) is 25.8. The standard InChI is InChI=1S/C16H16N2O5S.C9H8O4/c1-3-21-15(20)13-9(2)17-16(24-13)18-14(19)12-8-22-10-6-4-5-7-11(10)23-12;10-9(11)8-5-12-6-3-1-2-4-7(6)13-8/h4-7,12H,3,8H2,1-2H3,(H,17,18,19);1-4,8H,5H2,(H,10,11). The summed E-state index contributed by atoms with van der Waals surface area (Å²) in [6.45, 7) is 3.87. The number of fused-ring (bicyclic) bond motifs is 2. The molecule has 12 heteroatoms. The van der Waals surface area contributed by atoms with Crippen LogP contribution in [-0.2, 0) is 14.3 Å². The Kier molecular flexibility index (Phi) is 8.08. The van der Waals surface area contributed by atoms with Gasteiger partial charge in [0.05, 0.1) is 12.3 Å². The normalized spacial score (nSPS) is 17.0. The van der Waals surface area contributed by atoms with Gasteiger partial charge in [-0.05, 0) is 38.1 Å². The van der Waals surface area contributed by atoms with Crippen LogP contribution >= 0.6 is 11.3 Å². The maximum atomic E-state index is 12.3. The minimum Gasteiger partial charge on any atom is -0.485 e. The van der Waals surface area contributed by atoms with Crippen LogP contribution < -0.4 is 24.3 Å². The van der Waals surface area contributed by atoms with Gasteiger partial charge in [-0.2, -0.15) is 0 Å². The number of aromatic nitrogens is 1. The first-order valence-corrected chi connectivity index (χ1v) is 12.1. The van der Waals surface area contributed by atoms with Crippen molar-refractivity contribution in [3.63, 3.8) is 0 Å². The van der Waals surface area contributed by atoms with E-state index in [4.69, 9.17) is 28.8 Å². The van der Waals surface area contributed by atoms with Gasteiger partial charge in [-0.15, -0.1) is 0 Å². The number of para-hydroxylation sites is 4. The SMILES string of the molecule is CCOC(=O)c1sc(NC(=O)C2COc3ccccc3O2)nc1C.O=C(O)C1COc2ccccc2O1. The minimum atomic E-state index is -1.01. The van der Waals surface area contributed by atoms with E-state index < -0.39 is 24.1 Å². The Morgan fingerprint density at radius 1 is 0.973 bits per heavy atom. The lowest BCUT2D eigenvalue weighted by Crippen LogP contribution is -2.40. The van der Waals surface area contributed by atoms with Gasteiger partial charge in [-0.1, -0.05) is 35.6 Å². The summed E-state index contributed by atoms with van der Waals surface area (Å²) in [4.78, 5) is 39.2. The molecule has 11 nitrogen and oxygen atoms in total. The highest BCUT2D eigenvalue weighted by Crippen LogP contribution is 2.32. The summed E-state index contributed by atoms with van der Waals surface area (Å²) in [6, 6.07) is 14.2. The number of rotatable bonds is 5. The summed E-state index contributed by atoms with van der Waals surface area (Å²) in [5.74, 6) is 0.381. The highest BCUT2D eigenvalue weighted by Gasteiger charge is 2.29. The Hall–Kier alpha value is -4.32. The van der Waals surface area contributed by atoms with Gasteiger partial charge in [0.25, 0.3) is 5.91 Å². The molecule has 0 aliphatic carbocycles. The topological polar surface area (TPSA) is 143 Å². The summed E-state index contributed by atoms with van der Waals surface area (Å²) in [6.07, 6.45) is -1.68. The molecule has 0 radical (unpaired) electrons. The van der Waals surface area contributed by atoms with Gasteiger partial charge in [-0.3, -0.25) is 10.1 Å². The lowest BCUT2D eigenvalue weighted by molar-refractivity contribution is -0.147. The molecule has 0 fully saturated rings. The maximum Gasteiger partial charge on any atom is 0.350 e. The first-order valence-electron chi connectivity index (χ1n) is 11.3. The van der Waals surface area contributed by atoms with E-state index in [9.17, 15) is 14.4 Å². The molecule has 0 saturated heterocycles. The van der Waals surface area contributed by atoms with Gasteiger partial charge >= 0.3 is 11.9 Å². The van der Waals surface area contributed by atoms with Gasteiger partial charge in [0.2, 0.25) is 12.2 Å². The Morgan fingerprint density at radius 3 is 2.08 bits per heavy atom. The molecule has 1 amide bonds. The molecule has 3 heterocycles. The number of anilines is 1. The summed E-state index contributed by atoms with van der Waals surface area (Å²) in [5.41, 5.74) is 0.514. The van der Waals surface area contributed by atoms with Gasteiger partial charge in [0.1, 0.15) is 18.1 Å². The van der Waals surface area contributed by atoms with Crippen LogP contribution in [0.3, 0.4) is 0 Å². The van der Waals surface area contributed by atoms with E-state index in [0.29, 0.717) is 38.7 Å². The zero-order valence-electron chi connectivity index (χ0n) is 20.0. The molecule has 2 N–H and O–H groups in total. The zero-order chi connectivity index (χ0) is 26.4. The summed E-state index contributed by atoms with van der Waals surface area (Å²) < 4.78 is 26.5. The number of thiazole rings is 1. The van der Waals surface area contributed by atoms with Crippen molar-refractivity contribution in [2.45, 2.75) is 26.1 Å². The third-order valence-corrected chi connectivity index (χ3v) is 6.13. The van der Waals surface area contributed by atoms with E-state index in [1.807, 2.05) is 12.1 Å². The van der Waals surface area contributed by atoms with E-state index in [1.54, 1.807) is 50.2 Å². The number of aryl methyl sites for hydroxylation is 1. The number of carbonyl (C=O) groups is 3. The van der Waals surface area contributed by atoms with E-state index in [2.05, 4.69) is 10.3 Å². The van der Waals surface area contributed by atoms with Gasteiger partial charge in [-0.25, -0.2) is 14.6 Å². The number of esters is 1. The number of benzene rings is 2. The van der Waals surface area contributed by atoms with E-state index in [0.717, 1.165) is 11.3 Å². The molecule has 5 rings (SSSR count). The van der Waals surface area contributed by atoms with Crippen molar-refractivity contribution >= 4 is 34.3 Å². The number of carboxylic acids is 1. The largest absolute Gasteiger partial charge is 0.485 e. The molecule has 2 aromatic carbocycles. The third kappa shape index (κ3) is 6.28. The van der Waals surface area contributed by atoms with E-state index >= 15 is 0 Å². The molecule has 2 aliphatic heterocycles. The fraction of sp³-hybridized carbons (Fsp3) is 0.280. The number of nitrogens with one attached hydrogen (secondary N) is 1. The molecule has 3 aromatic rings. The second-order valence-electron chi connectivity index (χ2n) is 7.71. The quantitative estimate of drug-likeness (QED) is 0.474. The minimum absolute atomic E-state index is 0.0619. The lowest BCUT2D eigenvalue weighted by Gasteiger charge is -2.25. The molecule has 2 aliphatic rings. The van der Waals surface area contributed by atoms with Crippen LogP contribution in [0, 0.1) is 6.92 Å². The number of ether oxygens (including phenoxy) is 5. The second-order valence-corrected chi connectivity index (χ2v) is 8.71. The Morgan fingerprint density at radius 2 is 1.51 bits per heavy atom. The Labute approximate surface area is 215 Å². The number of hydrogen-bond donors (Lipinski definition) is 2. The van der Waals surface area contributed by atoms with E-state index in [1.165, 1.54) is 0 Å². The van der Waals surface area contributed by atoms with Crippen molar-refractivity contribution in [1.29, 1.82) is 0 Å². The third-order valence-electron chi connectivity index (χ3n) is 5.07. The first-order chi connectivity index (χ1) is 17.9. The smallest absolute Gasteiger partial charge is 0.350 e.